The number of rotatable bonds is 5. The van der Waals surface area contributed by atoms with Gasteiger partial charge in [-0.2, -0.15) is 0 Å². The van der Waals surface area contributed by atoms with Crippen LogP contribution in [0.3, 0.4) is 0 Å². The standard InChI is InChI=1S/C19H18ClNO3S/c1-3-13-5-7-15-10-16(18(12-22)21(15)11-13)17-9-14(20)6-8-19(17)25(23,24)4-2/h5-12H,3-4H2,1-2H3. The Hall–Kier alpha value is -2.11. The number of halogens is 1. The number of hydrogen-bond donors (Lipinski definition) is 0. The number of hydrogen-bond acceptors (Lipinski definition) is 3. The van der Waals surface area contributed by atoms with E-state index in [1.165, 1.54) is 6.07 Å². The van der Waals surface area contributed by atoms with Crippen LogP contribution >= 0.6 is 11.6 Å². The maximum Gasteiger partial charge on any atom is 0.178 e. The van der Waals surface area contributed by atoms with Crippen LogP contribution < -0.4 is 0 Å². The van der Waals surface area contributed by atoms with Gasteiger partial charge in [-0.05, 0) is 42.3 Å². The van der Waals surface area contributed by atoms with E-state index >= 15 is 0 Å². The third kappa shape index (κ3) is 3.10. The first-order valence-electron chi connectivity index (χ1n) is 8.03. The molecule has 0 spiro atoms. The fourth-order valence-electron chi connectivity index (χ4n) is 2.92. The number of benzene rings is 1. The number of carbonyl (C=O) groups is 1. The predicted molar refractivity (Wildman–Crippen MR) is 100 cm³/mol. The first-order chi connectivity index (χ1) is 11.9. The second-order valence-electron chi connectivity index (χ2n) is 5.79. The molecule has 0 aliphatic rings. The molecule has 2 heterocycles. The van der Waals surface area contributed by atoms with Crippen LogP contribution in [0.25, 0.3) is 16.6 Å². The van der Waals surface area contributed by atoms with Gasteiger partial charge in [-0.15, -0.1) is 0 Å². The molecule has 0 atom stereocenters. The van der Waals surface area contributed by atoms with E-state index in [1.807, 2.05) is 31.3 Å². The SMILES string of the molecule is CCc1ccc2cc(-c3cc(Cl)ccc3S(=O)(=O)CC)c(C=O)n2c1. The lowest BCUT2D eigenvalue weighted by Crippen LogP contribution is -2.06. The summed E-state index contributed by atoms with van der Waals surface area (Å²) in [4.78, 5) is 12.0. The van der Waals surface area contributed by atoms with Gasteiger partial charge in [0.25, 0.3) is 0 Å². The summed E-state index contributed by atoms with van der Waals surface area (Å²) in [6.07, 6.45) is 3.50. The normalized spacial score (nSPS) is 11.8. The molecule has 0 aliphatic heterocycles. The molecule has 130 valence electrons. The topological polar surface area (TPSA) is 55.6 Å². The van der Waals surface area contributed by atoms with Crippen LogP contribution in [0.2, 0.25) is 5.02 Å². The van der Waals surface area contributed by atoms with Gasteiger partial charge in [-0.25, -0.2) is 8.42 Å². The van der Waals surface area contributed by atoms with Crippen molar-refractivity contribution < 1.29 is 13.2 Å². The summed E-state index contributed by atoms with van der Waals surface area (Å²) < 4.78 is 26.8. The number of fused-ring (bicyclic) bond motifs is 1. The molecular weight excluding hydrogens is 358 g/mol. The summed E-state index contributed by atoms with van der Waals surface area (Å²) >= 11 is 6.11. The Kier molecular flexibility index (Phi) is 4.71. The van der Waals surface area contributed by atoms with Crippen molar-refractivity contribution in [3.8, 4) is 11.1 Å². The molecule has 0 radical (unpaired) electrons. The quantitative estimate of drug-likeness (QED) is 0.620. The second kappa shape index (κ2) is 6.65. The van der Waals surface area contributed by atoms with Crippen LogP contribution in [-0.2, 0) is 16.3 Å². The Balaban J connectivity index is 2.37. The molecule has 0 N–H and O–H groups in total. The van der Waals surface area contributed by atoms with Crippen molar-refractivity contribution in [2.45, 2.75) is 25.2 Å². The predicted octanol–water partition coefficient (Wildman–Crippen LogP) is 4.43. The fourth-order valence-corrected chi connectivity index (χ4v) is 4.18. The van der Waals surface area contributed by atoms with Crippen molar-refractivity contribution in [1.82, 2.24) is 4.40 Å². The van der Waals surface area contributed by atoms with Gasteiger partial charge in [0.05, 0.1) is 16.3 Å². The van der Waals surface area contributed by atoms with Crippen LogP contribution in [0, 0.1) is 0 Å². The first-order valence-corrected chi connectivity index (χ1v) is 10.1. The van der Waals surface area contributed by atoms with E-state index in [4.69, 9.17) is 11.6 Å². The van der Waals surface area contributed by atoms with Gasteiger partial charge >= 0.3 is 0 Å². The second-order valence-corrected chi connectivity index (χ2v) is 8.47. The highest BCUT2D eigenvalue weighted by molar-refractivity contribution is 7.91. The molecule has 4 nitrogen and oxygen atoms in total. The third-order valence-electron chi connectivity index (χ3n) is 4.34. The average Bonchev–Trinajstić information content (AvgIpc) is 2.98. The maximum atomic E-state index is 12.5. The average molecular weight is 376 g/mol. The molecule has 25 heavy (non-hydrogen) atoms. The van der Waals surface area contributed by atoms with Crippen LogP contribution in [0.15, 0.2) is 47.5 Å². The first kappa shape index (κ1) is 17.7. The zero-order valence-electron chi connectivity index (χ0n) is 14.0. The summed E-state index contributed by atoms with van der Waals surface area (Å²) in [5, 5.41) is 0.423. The highest BCUT2D eigenvalue weighted by Crippen LogP contribution is 2.34. The van der Waals surface area contributed by atoms with Gasteiger partial charge in [-0.1, -0.05) is 31.5 Å². The molecule has 0 amide bonds. The van der Waals surface area contributed by atoms with E-state index < -0.39 is 9.84 Å². The van der Waals surface area contributed by atoms with E-state index in [-0.39, 0.29) is 10.6 Å². The van der Waals surface area contributed by atoms with Crippen molar-refractivity contribution in [2.24, 2.45) is 0 Å². The molecule has 2 aromatic heterocycles. The lowest BCUT2D eigenvalue weighted by Gasteiger charge is -2.10. The van der Waals surface area contributed by atoms with Crippen molar-refractivity contribution in [3.63, 3.8) is 0 Å². The van der Waals surface area contributed by atoms with Gasteiger partial charge in [0.15, 0.2) is 16.1 Å². The third-order valence-corrected chi connectivity index (χ3v) is 6.36. The van der Waals surface area contributed by atoms with Gasteiger partial charge in [0.2, 0.25) is 0 Å². The van der Waals surface area contributed by atoms with E-state index in [1.54, 1.807) is 23.5 Å². The summed E-state index contributed by atoms with van der Waals surface area (Å²) in [6, 6.07) is 10.4. The molecule has 0 fully saturated rings. The number of aryl methyl sites for hydroxylation is 1. The lowest BCUT2D eigenvalue weighted by atomic mass is 10.1. The number of pyridine rings is 1. The number of nitrogens with zero attached hydrogens (tertiary/aromatic N) is 1. The van der Waals surface area contributed by atoms with E-state index in [2.05, 4.69) is 0 Å². The molecule has 0 saturated carbocycles. The molecule has 1 aromatic carbocycles. The molecule has 0 aliphatic carbocycles. The van der Waals surface area contributed by atoms with E-state index in [9.17, 15) is 13.2 Å². The van der Waals surface area contributed by atoms with Crippen LogP contribution in [0.1, 0.15) is 29.9 Å². The maximum absolute atomic E-state index is 12.5. The van der Waals surface area contributed by atoms with Gasteiger partial charge in [0.1, 0.15) is 0 Å². The molecule has 3 rings (SSSR count). The number of aldehydes is 1. The van der Waals surface area contributed by atoms with Crippen LogP contribution in [0.4, 0.5) is 0 Å². The zero-order chi connectivity index (χ0) is 18.2. The highest BCUT2D eigenvalue weighted by atomic mass is 35.5. The molecule has 0 unspecified atom stereocenters. The molecule has 3 aromatic rings. The highest BCUT2D eigenvalue weighted by Gasteiger charge is 2.21. The lowest BCUT2D eigenvalue weighted by molar-refractivity contribution is 0.111. The number of carbonyl (C=O) groups excluding carboxylic acids is 1. The van der Waals surface area contributed by atoms with Gasteiger partial charge in [-0.3, -0.25) is 4.79 Å². The Morgan fingerprint density at radius 3 is 2.48 bits per heavy atom. The summed E-state index contributed by atoms with van der Waals surface area (Å²) in [7, 11) is -3.45. The van der Waals surface area contributed by atoms with Crippen molar-refractivity contribution in [1.29, 1.82) is 0 Å². The summed E-state index contributed by atoms with van der Waals surface area (Å²) in [6.45, 7) is 3.63. The van der Waals surface area contributed by atoms with Gasteiger partial charge in [0, 0.05) is 27.9 Å². The number of aromatic nitrogens is 1. The van der Waals surface area contributed by atoms with Gasteiger partial charge < -0.3 is 4.40 Å². The van der Waals surface area contributed by atoms with Crippen molar-refractivity contribution in [2.75, 3.05) is 5.75 Å². The van der Waals surface area contributed by atoms with Crippen LogP contribution in [0.5, 0.6) is 0 Å². The molecule has 0 saturated heterocycles. The molecule has 6 heteroatoms. The van der Waals surface area contributed by atoms with Crippen LogP contribution in [-0.4, -0.2) is 24.9 Å². The molecular formula is C19H18ClNO3S. The van der Waals surface area contributed by atoms with E-state index in [0.717, 1.165) is 23.8 Å². The Morgan fingerprint density at radius 1 is 1.08 bits per heavy atom. The smallest absolute Gasteiger partial charge is 0.178 e. The minimum absolute atomic E-state index is 0.0224. The Labute approximate surface area is 152 Å². The number of sulfone groups is 1. The summed E-state index contributed by atoms with van der Waals surface area (Å²) in [5.41, 5.74) is 3.36. The van der Waals surface area contributed by atoms with E-state index in [0.29, 0.717) is 21.8 Å². The minimum atomic E-state index is -3.45. The summed E-state index contributed by atoms with van der Waals surface area (Å²) in [5.74, 6) is -0.0224. The largest absolute Gasteiger partial charge is 0.313 e. The Bertz CT molecular complexity index is 1070. The minimum Gasteiger partial charge on any atom is -0.313 e. The Morgan fingerprint density at radius 2 is 1.84 bits per heavy atom. The molecule has 0 bridgehead atoms. The monoisotopic (exact) mass is 375 g/mol. The zero-order valence-corrected chi connectivity index (χ0v) is 15.6. The van der Waals surface area contributed by atoms with Crippen molar-refractivity contribution in [3.05, 3.63) is 58.9 Å². The fraction of sp³-hybridized carbons (Fsp3) is 0.211. The van der Waals surface area contributed by atoms with Crippen molar-refractivity contribution >= 4 is 33.2 Å².